The molecule has 0 amide bonds. The fourth-order valence-electron chi connectivity index (χ4n) is 2.07. The van der Waals surface area contributed by atoms with Gasteiger partial charge in [0.15, 0.2) is 11.5 Å². The summed E-state index contributed by atoms with van der Waals surface area (Å²) in [5, 5.41) is 5.25. The number of ether oxygens (including phenoxy) is 2. The third-order valence-electron chi connectivity index (χ3n) is 3.20. The van der Waals surface area contributed by atoms with E-state index in [0.717, 1.165) is 44.8 Å². The lowest BCUT2D eigenvalue weighted by Gasteiger charge is -2.12. The molecule has 1 aromatic carbocycles. The van der Waals surface area contributed by atoms with Crippen molar-refractivity contribution in [3.05, 3.63) is 39.6 Å². The van der Waals surface area contributed by atoms with E-state index in [4.69, 9.17) is 9.47 Å². The van der Waals surface area contributed by atoms with Gasteiger partial charge in [0.05, 0.1) is 23.0 Å². The summed E-state index contributed by atoms with van der Waals surface area (Å²) >= 11 is 7.03. The van der Waals surface area contributed by atoms with Crippen LogP contribution in [0.15, 0.2) is 22.7 Å². The highest BCUT2D eigenvalue weighted by molar-refractivity contribution is 9.10. The second-order valence-corrected chi connectivity index (χ2v) is 5.92. The monoisotopic (exact) mass is 416 g/mol. The molecule has 0 unspecified atom stereocenters. The van der Waals surface area contributed by atoms with Gasteiger partial charge in [-0.1, -0.05) is 22.0 Å². The van der Waals surface area contributed by atoms with Crippen molar-refractivity contribution in [2.75, 3.05) is 7.11 Å². The van der Waals surface area contributed by atoms with E-state index in [-0.39, 0.29) is 0 Å². The summed E-state index contributed by atoms with van der Waals surface area (Å²) in [4.78, 5) is 0. The SMILES string of the molecule is CCn1nc(C)c(Br)c1COc1cc(CBr)ccc1OC. The van der Waals surface area contributed by atoms with Crippen LogP contribution in [-0.2, 0) is 18.5 Å². The molecule has 0 aliphatic rings. The first-order valence-electron chi connectivity index (χ1n) is 6.68. The highest BCUT2D eigenvalue weighted by Gasteiger charge is 2.14. The van der Waals surface area contributed by atoms with Crippen molar-refractivity contribution >= 4 is 31.9 Å². The maximum Gasteiger partial charge on any atom is 0.162 e. The number of hydrogen-bond acceptors (Lipinski definition) is 3. The molecule has 0 aliphatic carbocycles. The van der Waals surface area contributed by atoms with Gasteiger partial charge in [0.2, 0.25) is 0 Å². The van der Waals surface area contributed by atoms with E-state index in [9.17, 15) is 0 Å². The van der Waals surface area contributed by atoms with Crippen LogP contribution in [0.25, 0.3) is 0 Å². The van der Waals surface area contributed by atoms with Gasteiger partial charge in [0, 0.05) is 11.9 Å². The summed E-state index contributed by atoms with van der Waals surface area (Å²) in [7, 11) is 1.65. The van der Waals surface area contributed by atoms with Crippen LogP contribution in [0.3, 0.4) is 0 Å². The second kappa shape index (κ2) is 7.31. The number of rotatable bonds is 6. The number of alkyl halides is 1. The number of benzene rings is 1. The van der Waals surface area contributed by atoms with E-state index >= 15 is 0 Å². The van der Waals surface area contributed by atoms with Gasteiger partial charge < -0.3 is 9.47 Å². The van der Waals surface area contributed by atoms with Crippen LogP contribution < -0.4 is 9.47 Å². The average molecular weight is 418 g/mol. The van der Waals surface area contributed by atoms with Gasteiger partial charge >= 0.3 is 0 Å². The van der Waals surface area contributed by atoms with Gasteiger partial charge in [-0.05, 0) is 47.5 Å². The summed E-state index contributed by atoms with van der Waals surface area (Å²) in [6.45, 7) is 5.29. The van der Waals surface area contributed by atoms with Gasteiger partial charge in [-0.2, -0.15) is 5.10 Å². The Morgan fingerprint density at radius 1 is 1.29 bits per heavy atom. The fourth-order valence-corrected chi connectivity index (χ4v) is 2.82. The molecule has 4 nitrogen and oxygen atoms in total. The second-order valence-electron chi connectivity index (χ2n) is 4.57. The van der Waals surface area contributed by atoms with Crippen molar-refractivity contribution in [3.63, 3.8) is 0 Å². The van der Waals surface area contributed by atoms with Crippen LogP contribution in [0.1, 0.15) is 23.9 Å². The number of hydrogen-bond donors (Lipinski definition) is 0. The number of aromatic nitrogens is 2. The van der Waals surface area contributed by atoms with E-state index in [2.05, 4.69) is 43.9 Å². The van der Waals surface area contributed by atoms with E-state index in [1.54, 1.807) is 7.11 Å². The zero-order valence-corrected chi connectivity index (χ0v) is 15.5. The Morgan fingerprint density at radius 3 is 2.67 bits per heavy atom. The van der Waals surface area contributed by atoms with E-state index < -0.39 is 0 Å². The van der Waals surface area contributed by atoms with Gasteiger partial charge in [0.25, 0.3) is 0 Å². The van der Waals surface area contributed by atoms with Crippen LogP contribution in [0.4, 0.5) is 0 Å². The quantitative estimate of drug-likeness (QED) is 0.651. The van der Waals surface area contributed by atoms with Gasteiger partial charge in [-0.3, -0.25) is 4.68 Å². The maximum absolute atomic E-state index is 5.96. The molecule has 0 fully saturated rings. The van der Waals surface area contributed by atoms with Crippen molar-refractivity contribution in [1.82, 2.24) is 9.78 Å². The van der Waals surface area contributed by atoms with Crippen molar-refractivity contribution < 1.29 is 9.47 Å². The highest BCUT2D eigenvalue weighted by Crippen LogP contribution is 2.30. The molecule has 0 spiro atoms. The molecule has 2 rings (SSSR count). The van der Waals surface area contributed by atoms with Crippen LogP contribution in [0, 0.1) is 6.92 Å². The zero-order valence-electron chi connectivity index (χ0n) is 12.3. The first kappa shape index (κ1) is 16.4. The molecule has 1 aromatic heterocycles. The van der Waals surface area contributed by atoms with Crippen LogP contribution in [-0.4, -0.2) is 16.9 Å². The smallest absolute Gasteiger partial charge is 0.162 e. The lowest BCUT2D eigenvalue weighted by Crippen LogP contribution is -2.07. The minimum Gasteiger partial charge on any atom is -0.493 e. The summed E-state index contributed by atoms with van der Waals surface area (Å²) in [6, 6.07) is 5.92. The molecule has 21 heavy (non-hydrogen) atoms. The van der Waals surface area contributed by atoms with E-state index in [1.807, 2.05) is 29.8 Å². The number of nitrogens with zero attached hydrogens (tertiary/aromatic N) is 2. The molecular weight excluding hydrogens is 400 g/mol. The Balaban J connectivity index is 2.23. The molecular formula is C15H18Br2N2O2. The summed E-state index contributed by atoms with van der Waals surface area (Å²) in [5.41, 5.74) is 3.14. The molecule has 114 valence electrons. The molecule has 0 bridgehead atoms. The zero-order chi connectivity index (χ0) is 15.4. The lowest BCUT2D eigenvalue weighted by atomic mass is 10.2. The average Bonchev–Trinajstić information content (AvgIpc) is 2.79. The summed E-state index contributed by atoms with van der Waals surface area (Å²) in [5.74, 6) is 1.47. The Hall–Kier alpha value is -1.01. The fraction of sp³-hybridized carbons (Fsp3) is 0.400. The number of halogens is 2. The molecule has 0 saturated carbocycles. The topological polar surface area (TPSA) is 36.3 Å². The van der Waals surface area contributed by atoms with Gasteiger partial charge in [0.1, 0.15) is 6.61 Å². The van der Waals surface area contributed by atoms with E-state index in [1.165, 1.54) is 0 Å². The third-order valence-corrected chi connectivity index (χ3v) is 4.88. The predicted octanol–water partition coefficient (Wildman–Crippen LogP) is 4.46. The largest absolute Gasteiger partial charge is 0.493 e. The Kier molecular flexibility index (Phi) is 5.70. The van der Waals surface area contributed by atoms with E-state index in [0.29, 0.717) is 6.61 Å². The lowest BCUT2D eigenvalue weighted by molar-refractivity contribution is 0.273. The first-order chi connectivity index (χ1) is 10.1. The third kappa shape index (κ3) is 3.61. The van der Waals surface area contributed by atoms with Crippen molar-refractivity contribution in [3.8, 4) is 11.5 Å². The Labute approximate surface area is 141 Å². The maximum atomic E-state index is 5.96. The van der Waals surface area contributed by atoms with Crippen molar-refractivity contribution in [2.24, 2.45) is 0 Å². The van der Waals surface area contributed by atoms with Gasteiger partial charge in [-0.25, -0.2) is 0 Å². The Morgan fingerprint density at radius 2 is 2.05 bits per heavy atom. The molecule has 0 radical (unpaired) electrons. The first-order valence-corrected chi connectivity index (χ1v) is 8.59. The molecule has 2 aromatic rings. The molecule has 0 aliphatic heterocycles. The molecule has 1 heterocycles. The Bertz CT molecular complexity index is 626. The molecule has 0 N–H and O–H groups in total. The van der Waals surface area contributed by atoms with Crippen molar-refractivity contribution in [2.45, 2.75) is 32.3 Å². The standard InChI is InChI=1S/C15H18Br2N2O2/c1-4-19-12(15(17)10(2)18-19)9-21-14-7-11(8-16)5-6-13(14)20-3/h5-7H,4,8-9H2,1-3H3. The van der Waals surface area contributed by atoms with Crippen LogP contribution in [0.5, 0.6) is 11.5 Å². The number of aryl methyl sites for hydroxylation is 2. The van der Waals surface area contributed by atoms with Gasteiger partial charge in [-0.15, -0.1) is 0 Å². The summed E-state index contributed by atoms with van der Waals surface area (Å²) < 4.78 is 14.3. The highest BCUT2D eigenvalue weighted by atomic mass is 79.9. The van der Waals surface area contributed by atoms with Crippen LogP contribution >= 0.6 is 31.9 Å². The normalized spacial score (nSPS) is 10.7. The minimum absolute atomic E-state index is 0.442. The van der Waals surface area contributed by atoms with Crippen LogP contribution in [0.2, 0.25) is 0 Å². The van der Waals surface area contributed by atoms with Crippen molar-refractivity contribution in [1.29, 1.82) is 0 Å². The molecule has 6 heteroatoms. The summed E-state index contributed by atoms with van der Waals surface area (Å²) in [6.07, 6.45) is 0. The number of methoxy groups -OCH3 is 1. The predicted molar refractivity (Wildman–Crippen MR) is 90.3 cm³/mol. The molecule has 0 atom stereocenters. The molecule has 0 saturated heterocycles. The minimum atomic E-state index is 0.442.